The summed E-state index contributed by atoms with van der Waals surface area (Å²) >= 11 is 0. The van der Waals surface area contributed by atoms with Crippen LogP contribution >= 0.6 is 0 Å². The van der Waals surface area contributed by atoms with E-state index in [0.717, 1.165) is 28.1 Å². The first-order valence-corrected chi connectivity index (χ1v) is 9.26. The number of amides is 1. The number of nitrogens with zero attached hydrogens (tertiary/aromatic N) is 3. The Bertz CT molecular complexity index is 1080. The van der Waals surface area contributed by atoms with Crippen molar-refractivity contribution in [2.24, 2.45) is 0 Å². The van der Waals surface area contributed by atoms with Crippen LogP contribution in [0, 0.1) is 20.8 Å². The van der Waals surface area contributed by atoms with Crippen molar-refractivity contribution < 1.29 is 4.79 Å². The lowest BCUT2D eigenvalue weighted by molar-refractivity contribution is -0.113. The van der Waals surface area contributed by atoms with Gasteiger partial charge in [-0.15, -0.1) is 0 Å². The van der Waals surface area contributed by atoms with E-state index in [0.29, 0.717) is 11.5 Å². The summed E-state index contributed by atoms with van der Waals surface area (Å²) in [6.45, 7) is 7.98. The van der Waals surface area contributed by atoms with Crippen molar-refractivity contribution in [1.82, 2.24) is 14.8 Å². The second-order valence-corrected chi connectivity index (χ2v) is 7.28. The Labute approximate surface area is 164 Å². The smallest absolute Gasteiger partial charge is 0.255 e. The number of fused-ring (bicyclic) bond motifs is 1. The second kappa shape index (κ2) is 6.96. The number of hydrogen-bond donors (Lipinski definition) is 2. The van der Waals surface area contributed by atoms with Crippen molar-refractivity contribution in [2.75, 3.05) is 10.6 Å². The van der Waals surface area contributed by atoms with Gasteiger partial charge >= 0.3 is 0 Å². The third-order valence-corrected chi connectivity index (χ3v) is 5.06. The third-order valence-electron chi connectivity index (χ3n) is 5.06. The minimum absolute atomic E-state index is 0.149. The highest BCUT2D eigenvalue weighted by Crippen LogP contribution is 2.35. The number of allylic oxidation sites excluding steroid dienone is 1. The predicted octanol–water partition coefficient (Wildman–Crippen LogP) is 4.13. The van der Waals surface area contributed by atoms with Gasteiger partial charge < -0.3 is 10.6 Å². The summed E-state index contributed by atoms with van der Waals surface area (Å²) in [5, 5.41) is 10.6. The summed E-state index contributed by atoms with van der Waals surface area (Å²) in [6, 6.07) is 13.8. The Hall–Kier alpha value is -3.41. The van der Waals surface area contributed by atoms with Gasteiger partial charge in [-0.25, -0.2) is 4.68 Å². The monoisotopic (exact) mass is 373 g/mol. The zero-order chi connectivity index (χ0) is 19.8. The number of carbonyl (C=O) groups is 1. The van der Waals surface area contributed by atoms with Gasteiger partial charge in [0.15, 0.2) is 0 Å². The first-order valence-electron chi connectivity index (χ1n) is 9.26. The Morgan fingerprint density at radius 1 is 1.04 bits per heavy atom. The molecule has 1 aliphatic rings. The fraction of sp³-hybridized carbons (Fsp3) is 0.227. The zero-order valence-electron chi connectivity index (χ0n) is 16.4. The van der Waals surface area contributed by atoms with Crippen molar-refractivity contribution in [1.29, 1.82) is 0 Å². The van der Waals surface area contributed by atoms with Crippen LogP contribution in [-0.2, 0) is 4.79 Å². The molecular weight excluding hydrogens is 350 g/mol. The van der Waals surface area contributed by atoms with E-state index in [1.54, 1.807) is 4.68 Å². The molecule has 4 rings (SSSR count). The quantitative estimate of drug-likeness (QED) is 0.724. The van der Waals surface area contributed by atoms with Gasteiger partial charge in [-0.1, -0.05) is 47.5 Å². The number of hydrogen-bond acceptors (Lipinski definition) is 4. The fourth-order valence-corrected chi connectivity index (χ4v) is 3.59. The summed E-state index contributed by atoms with van der Waals surface area (Å²) in [4.78, 5) is 17.6. The van der Waals surface area contributed by atoms with E-state index in [-0.39, 0.29) is 11.9 Å². The van der Waals surface area contributed by atoms with Crippen molar-refractivity contribution in [3.05, 3.63) is 82.3 Å². The molecule has 3 aromatic rings. The number of aryl methyl sites for hydroxylation is 3. The van der Waals surface area contributed by atoms with Gasteiger partial charge in [-0.2, -0.15) is 10.1 Å². The van der Waals surface area contributed by atoms with Crippen LogP contribution in [0.3, 0.4) is 0 Å². The molecule has 142 valence electrons. The lowest BCUT2D eigenvalue weighted by atomic mass is 9.94. The first-order chi connectivity index (χ1) is 13.4. The Balaban J connectivity index is 1.76. The summed E-state index contributed by atoms with van der Waals surface area (Å²) in [6.07, 6.45) is 1.50. The van der Waals surface area contributed by atoms with E-state index in [9.17, 15) is 4.79 Å². The van der Waals surface area contributed by atoms with Crippen LogP contribution in [0.5, 0.6) is 0 Å². The number of benzene rings is 2. The third kappa shape index (κ3) is 3.17. The van der Waals surface area contributed by atoms with Crippen LogP contribution in [0.15, 0.2) is 60.1 Å². The van der Waals surface area contributed by atoms with E-state index >= 15 is 0 Å². The molecule has 0 aliphatic carbocycles. The largest absolute Gasteiger partial charge is 0.328 e. The normalized spacial score (nSPS) is 15.8. The van der Waals surface area contributed by atoms with Crippen LogP contribution in [-0.4, -0.2) is 20.7 Å². The zero-order valence-corrected chi connectivity index (χ0v) is 16.4. The minimum atomic E-state index is -0.342. The molecule has 0 spiro atoms. The highest BCUT2D eigenvalue weighted by molar-refractivity contribution is 6.06. The summed E-state index contributed by atoms with van der Waals surface area (Å²) in [5.41, 5.74) is 6.55. The molecule has 0 bridgehead atoms. The molecule has 1 aromatic heterocycles. The molecule has 0 saturated carbocycles. The molecular formula is C22H23N5O. The van der Waals surface area contributed by atoms with E-state index in [1.165, 1.54) is 11.9 Å². The van der Waals surface area contributed by atoms with Gasteiger partial charge in [-0.05, 0) is 44.9 Å². The van der Waals surface area contributed by atoms with Crippen LogP contribution < -0.4 is 10.6 Å². The molecule has 1 amide bonds. The van der Waals surface area contributed by atoms with Gasteiger partial charge in [-0.3, -0.25) is 4.79 Å². The minimum Gasteiger partial charge on any atom is -0.328 e. The summed E-state index contributed by atoms with van der Waals surface area (Å²) in [5.74, 6) is 0.481. The summed E-state index contributed by atoms with van der Waals surface area (Å²) in [7, 11) is 0. The van der Waals surface area contributed by atoms with E-state index in [1.807, 2.05) is 64.1 Å². The van der Waals surface area contributed by atoms with Crippen molar-refractivity contribution in [2.45, 2.75) is 33.7 Å². The predicted molar refractivity (Wildman–Crippen MR) is 110 cm³/mol. The first kappa shape index (κ1) is 18.0. The maximum Gasteiger partial charge on any atom is 0.255 e. The molecule has 2 heterocycles. The Morgan fingerprint density at radius 2 is 1.75 bits per heavy atom. The maximum atomic E-state index is 13.3. The van der Waals surface area contributed by atoms with Crippen LogP contribution in [0.2, 0.25) is 0 Å². The number of anilines is 2. The highest BCUT2D eigenvalue weighted by atomic mass is 16.1. The molecule has 1 unspecified atom stereocenters. The van der Waals surface area contributed by atoms with Gasteiger partial charge in [0.05, 0.1) is 5.57 Å². The molecule has 0 radical (unpaired) electrons. The SMILES string of the molecule is CC1=C(C(=O)Nc2ccc(C)cc2C)C(c2ccc(C)cc2)n2ncnc2N1. The lowest BCUT2D eigenvalue weighted by Gasteiger charge is -2.29. The molecule has 6 heteroatoms. The van der Waals surface area contributed by atoms with Crippen LogP contribution in [0.4, 0.5) is 11.6 Å². The van der Waals surface area contributed by atoms with Gasteiger partial charge in [0.1, 0.15) is 12.4 Å². The Kier molecular flexibility index (Phi) is 4.47. The lowest BCUT2D eigenvalue weighted by Crippen LogP contribution is -2.31. The van der Waals surface area contributed by atoms with E-state index in [2.05, 4.69) is 26.8 Å². The summed E-state index contributed by atoms with van der Waals surface area (Å²) < 4.78 is 1.76. The number of rotatable bonds is 3. The average molecular weight is 373 g/mol. The molecule has 0 fully saturated rings. The Morgan fingerprint density at radius 3 is 2.46 bits per heavy atom. The molecule has 0 saturated heterocycles. The van der Waals surface area contributed by atoms with E-state index in [4.69, 9.17) is 0 Å². The fourth-order valence-electron chi connectivity index (χ4n) is 3.59. The molecule has 2 N–H and O–H groups in total. The van der Waals surface area contributed by atoms with Crippen molar-refractivity contribution in [3.63, 3.8) is 0 Å². The maximum absolute atomic E-state index is 13.3. The molecule has 28 heavy (non-hydrogen) atoms. The number of carbonyl (C=O) groups excluding carboxylic acids is 1. The number of aromatic nitrogens is 3. The van der Waals surface area contributed by atoms with Crippen molar-refractivity contribution >= 4 is 17.5 Å². The van der Waals surface area contributed by atoms with Crippen molar-refractivity contribution in [3.8, 4) is 0 Å². The molecule has 2 aromatic carbocycles. The van der Waals surface area contributed by atoms with Gasteiger partial charge in [0.25, 0.3) is 5.91 Å². The highest BCUT2D eigenvalue weighted by Gasteiger charge is 2.33. The van der Waals surface area contributed by atoms with Gasteiger partial charge in [0, 0.05) is 11.4 Å². The standard InChI is InChI=1S/C22H23N5O/c1-13-5-8-17(9-6-13)20-19(16(4)25-22-23-12-24-27(20)22)21(28)26-18-10-7-14(2)11-15(18)3/h5-12,20H,1-4H3,(H,26,28)(H,23,24,25). The average Bonchev–Trinajstić information content (AvgIpc) is 3.11. The number of nitrogens with one attached hydrogen (secondary N) is 2. The second-order valence-electron chi connectivity index (χ2n) is 7.28. The van der Waals surface area contributed by atoms with Crippen LogP contribution in [0.25, 0.3) is 0 Å². The van der Waals surface area contributed by atoms with E-state index < -0.39 is 0 Å². The van der Waals surface area contributed by atoms with Crippen LogP contribution in [0.1, 0.15) is 35.2 Å². The van der Waals surface area contributed by atoms with Gasteiger partial charge in [0.2, 0.25) is 5.95 Å². The topological polar surface area (TPSA) is 71.8 Å². The molecule has 6 nitrogen and oxygen atoms in total. The molecule has 1 aliphatic heterocycles. The molecule has 1 atom stereocenters.